The van der Waals surface area contributed by atoms with E-state index in [2.05, 4.69) is 34.4 Å². The van der Waals surface area contributed by atoms with E-state index in [0.717, 1.165) is 11.3 Å². The van der Waals surface area contributed by atoms with Crippen molar-refractivity contribution in [1.82, 2.24) is 4.98 Å². The third kappa shape index (κ3) is 2.10. The fourth-order valence-electron chi connectivity index (χ4n) is 1.07. The molecule has 0 bridgehead atoms. The standard InChI is InChI=1S/C6H4.C3H4N4OS/c1-2-5-4-6(5)3-1;4-3-6-1(8)2(7-5)9-3/h1-4H;5,8H,(H2,4,6). The van der Waals surface area contributed by atoms with Crippen molar-refractivity contribution in [3.05, 3.63) is 24.3 Å². The molecule has 0 saturated heterocycles. The highest BCUT2D eigenvalue weighted by Gasteiger charge is 2.07. The van der Waals surface area contributed by atoms with E-state index < -0.39 is 0 Å². The molecule has 0 saturated carbocycles. The first-order chi connectivity index (χ1) is 7.20. The minimum atomic E-state index is -0.271. The van der Waals surface area contributed by atoms with Gasteiger partial charge < -0.3 is 10.8 Å². The number of anilines is 1. The number of hydrogen-bond acceptors (Lipinski definition) is 6. The molecule has 0 spiro atoms. The molecule has 76 valence electrons. The van der Waals surface area contributed by atoms with Crippen LogP contribution in [0.25, 0.3) is 11.1 Å². The first kappa shape index (κ1) is 9.60. The van der Waals surface area contributed by atoms with Crippen LogP contribution in [0.3, 0.4) is 0 Å². The molecule has 1 heterocycles. The Morgan fingerprint density at radius 2 is 2.07 bits per heavy atom. The molecule has 0 amide bonds. The average molecular weight is 220 g/mol. The highest BCUT2D eigenvalue weighted by molar-refractivity contribution is 7.19. The molecule has 2 aliphatic rings. The van der Waals surface area contributed by atoms with Crippen molar-refractivity contribution in [1.29, 1.82) is 5.53 Å². The Kier molecular flexibility index (Phi) is 2.34. The number of nitrogens with one attached hydrogen (secondary N) is 1. The maximum Gasteiger partial charge on any atom is 0.252 e. The van der Waals surface area contributed by atoms with E-state index in [1.54, 1.807) is 0 Å². The number of hydrogen-bond donors (Lipinski definition) is 3. The number of nitrogens with two attached hydrogens (primary N) is 1. The number of nitrogen functional groups attached to an aromatic ring is 1. The zero-order valence-corrected chi connectivity index (χ0v) is 8.45. The SMILES string of the molecule is N=Nc1sc(N)nc1O.c1cc2cc-2c1. The fraction of sp³-hybridized carbons (Fsp3) is 0. The van der Waals surface area contributed by atoms with Gasteiger partial charge in [0, 0.05) is 0 Å². The van der Waals surface area contributed by atoms with E-state index in [0.29, 0.717) is 0 Å². The quantitative estimate of drug-likeness (QED) is 0.550. The molecule has 3 rings (SSSR count). The predicted molar refractivity (Wildman–Crippen MR) is 58.4 cm³/mol. The van der Waals surface area contributed by atoms with E-state index >= 15 is 0 Å². The van der Waals surface area contributed by atoms with Crippen molar-refractivity contribution in [2.45, 2.75) is 0 Å². The zero-order chi connectivity index (χ0) is 10.8. The van der Waals surface area contributed by atoms with Crippen molar-refractivity contribution < 1.29 is 5.11 Å². The predicted octanol–water partition coefficient (Wildman–Crippen LogP) is 2.76. The van der Waals surface area contributed by atoms with Crippen LogP contribution in [0.5, 0.6) is 5.88 Å². The summed E-state index contributed by atoms with van der Waals surface area (Å²) in [7, 11) is 0. The minimum Gasteiger partial charge on any atom is -0.491 e. The molecule has 1 aromatic rings. The third-order valence-corrected chi connectivity index (χ3v) is 2.59. The summed E-state index contributed by atoms with van der Waals surface area (Å²) in [4.78, 5) is 3.42. The molecular formula is C9H8N4OS. The maximum atomic E-state index is 8.74. The molecule has 6 heteroatoms. The molecule has 5 nitrogen and oxygen atoms in total. The van der Waals surface area contributed by atoms with Gasteiger partial charge in [0.2, 0.25) is 5.00 Å². The van der Waals surface area contributed by atoms with Gasteiger partial charge in [0.05, 0.1) is 0 Å². The largest absolute Gasteiger partial charge is 0.491 e. The van der Waals surface area contributed by atoms with Crippen molar-refractivity contribution in [3.63, 3.8) is 0 Å². The molecule has 4 N–H and O–H groups in total. The number of rotatable bonds is 1. The highest BCUT2D eigenvalue weighted by atomic mass is 32.1. The van der Waals surface area contributed by atoms with Gasteiger partial charge in [0.15, 0.2) is 5.13 Å². The van der Waals surface area contributed by atoms with Crippen molar-refractivity contribution in [3.8, 4) is 17.0 Å². The van der Waals surface area contributed by atoms with Crippen LogP contribution in [0.15, 0.2) is 29.4 Å². The van der Waals surface area contributed by atoms with Crippen molar-refractivity contribution in [2.24, 2.45) is 5.11 Å². The lowest BCUT2D eigenvalue weighted by Crippen LogP contribution is -1.78. The minimum absolute atomic E-state index is 0.146. The van der Waals surface area contributed by atoms with Crippen LogP contribution >= 0.6 is 11.3 Å². The Labute approximate surface area is 89.7 Å². The Bertz CT molecular complexity index is 491. The lowest BCUT2D eigenvalue weighted by Gasteiger charge is -1.77. The van der Waals surface area contributed by atoms with Crippen LogP contribution in [0.1, 0.15) is 0 Å². The molecule has 15 heavy (non-hydrogen) atoms. The second-order valence-electron chi connectivity index (χ2n) is 2.87. The Hall–Kier alpha value is -1.95. The summed E-state index contributed by atoms with van der Waals surface area (Å²) in [5, 5.41) is 12.1. The number of thiazole rings is 1. The number of nitrogens with zero attached hydrogens (tertiary/aromatic N) is 2. The first-order valence-electron chi connectivity index (χ1n) is 4.14. The van der Waals surface area contributed by atoms with E-state index in [1.807, 2.05) is 0 Å². The Morgan fingerprint density at radius 3 is 2.27 bits per heavy atom. The van der Waals surface area contributed by atoms with Gasteiger partial charge >= 0.3 is 0 Å². The van der Waals surface area contributed by atoms with Crippen LogP contribution in [0, 0.1) is 5.53 Å². The smallest absolute Gasteiger partial charge is 0.252 e. The molecule has 0 unspecified atom stereocenters. The first-order valence-corrected chi connectivity index (χ1v) is 4.95. The summed E-state index contributed by atoms with van der Waals surface area (Å²) < 4.78 is 0. The van der Waals surface area contributed by atoms with Gasteiger partial charge in [-0.1, -0.05) is 29.5 Å². The van der Waals surface area contributed by atoms with E-state index in [-0.39, 0.29) is 16.0 Å². The van der Waals surface area contributed by atoms with Crippen LogP contribution in [-0.2, 0) is 0 Å². The summed E-state index contributed by atoms with van der Waals surface area (Å²) in [6, 6.07) is 8.48. The number of aromatic hydroxyl groups is 1. The molecule has 0 radical (unpaired) electrons. The van der Waals surface area contributed by atoms with Gasteiger partial charge in [-0.05, 0) is 17.2 Å². The molecule has 0 atom stereocenters. The van der Waals surface area contributed by atoms with E-state index in [9.17, 15) is 0 Å². The molecule has 1 aromatic heterocycles. The van der Waals surface area contributed by atoms with E-state index in [4.69, 9.17) is 16.4 Å². The van der Waals surface area contributed by atoms with E-state index in [1.165, 1.54) is 11.1 Å². The summed E-state index contributed by atoms with van der Waals surface area (Å²) >= 11 is 0.977. The fourth-order valence-corrected chi connectivity index (χ4v) is 1.58. The summed E-state index contributed by atoms with van der Waals surface area (Å²) in [6.45, 7) is 0. The van der Waals surface area contributed by atoms with Gasteiger partial charge in [0.1, 0.15) is 0 Å². The lowest BCUT2D eigenvalue weighted by atomic mass is 10.6. The van der Waals surface area contributed by atoms with Crippen LogP contribution in [0.4, 0.5) is 10.1 Å². The van der Waals surface area contributed by atoms with Crippen LogP contribution in [-0.4, -0.2) is 10.1 Å². The summed E-state index contributed by atoms with van der Waals surface area (Å²) in [5.74, 6) is -0.271. The highest BCUT2D eigenvalue weighted by Crippen LogP contribution is 2.33. The molecular weight excluding hydrogens is 212 g/mol. The number of aromatic nitrogens is 1. The van der Waals surface area contributed by atoms with Gasteiger partial charge in [-0.25, -0.2) is 5.53 Å². The molecule has 0 fully saturated rings. The normalized spacial score (nSPS) is 10.1. The molecule has 2 aliphatic carbocycles. The average Bonchev–Trinajstić information content (AvgIpc) is 2.68. The monoisotopic (exact) mass is 220 g/mol. The van der Waals surface area contributed by atoms with Crippen LogP contribution in [0.2, 0.25) is 0 Å². The van der Waals surface area contributed by atoms with Gasteiger partial charge in [0.25, 0.3) is 5.88 Å². The van der Waals surface area contributed by atoms with Gasteiger partial charge in [-0.15, -0.1) is 5.11 Å². The number of benzene rings is 1. The molecule has 0 aromatic carbocycles. The van der Waals surface area contributed by atoms with Gasteiger partial charge in [-0.2, -0.15) is 4.98 Å². The molecule has 0 aliphatic heterocycles. The van der Waals surface area contributed by atoms with Crippen LogP contribution < -0.4 is 5.73 Å². The second kappa shape index (κ2) is 3.66. The topological polar surface area (TPSA) is 95.4 Å². The second-order valence-corrected chi connectivity index (χ2v) is 3.88. The Balaban J connectivity index is 0.000000121. The third-order valence-electron chi connectivity index (χ3n) is 1.82. The van der Waals surface area contributed by atoms with Gasteiger partial charge in [-0.3, -0.25) is 0 Å². The summed E-state index contributed by atoms with van der Waals surface area (Å²) in [6.07, 6.45) is 0. The zero-order valence-electron chi connectivity index (χ0n) is 7.64. The summed E-state index contributed by atoms with van der Waals surface area (Å²) in [5.41, 5.74) is 14.5. The van der Waals surface area contributed by atoms with Crippen molar-refractivity contribution in [2.75, 3.05) is 5.73 Å². The number of fused-ring (bicyclic) bond motifs is 1. The lowest BCUT2D eigenvalue weighted by molar-refractivity contribution is 0.459. The van der Waals surface area contributed by atoms with Crippen molar-refractivity contribution >= 4 is 21.5 Å². The Morgan fingerprint density at radius 1 is 1.40 bits per heavy atom. The maximum absolute atomic E-state index is 8.74.